The minimum absolute atomic E-state index is 0.0601. The lowest BCUT2D eigenvalue weighted by Gasteiger charge is -2.14. The molecule has 1 unspecified atom stereocenters. The predicted molar refractivity (Wildman–Crippen MR) is 68.7 cm³/mol. The molecule has 1 saturated heterocycles. The standard InChI is InChI=1S/C11H12Cl2N2O3/c12-8-4-7(9(13)10(15-8)11(16)17)14-5-6-2-1-3-18-6/h4,6H,1-3,5H2,(H,14,15)(H,16,17). The lowest BCUT2D eigenvalue weighted by atomic mass is 10.2. The van der Waals surface area contributed by atoms with Gasteiger partial charge in [0.1, 0.15) is 5.15 Å². The molecule has 18 heavy (non-hydrogen) atoms. The summed E-state index contributed by atoms with van der Waals surface area (Å²) in [6, 6.07) is 1.51. The molecule has 1 aromatic heterocycles. The van der Waals surface area contributed by atoms with Gasteiger partial charge < -0.3 is 15.2 Å². The van der Waals surface area contributed by atoms with Gasteiger partial charge in [-0.15, -0.1) is 0 Å². The first-order valence-electron chi connectivity index (χ1n) is 5.52. The Kier molecular flexibility index (Phi) is 4.27. The topological polar surface area (TPSA) is 71.5 Å². The number of carboxylic acid groups (broad SMARTS) is 1. The summed E-state index contributed by atoms with van der Waals surface area (Å²) in [5, 5.41) is 12.1. The van der Waals surface area contributed by atoms with Crippen LogP contribution < -0.4 is 5.32 Å². The van der Waals surface area contributed by atoms with Crippen LogP contribution in [0.15, 0.2) is 6.07 Å². The van der Waals surface area contributed by atoms with Crippen LogP contribution in [0.1, 0.15) is 23.3 Å². The van der Waals surface area contributed by atoms with Crippen molar-refractivity contribution >= 4 is 34.9 Å². The van der Waals surface area contributed by atoms with E-state index >= 15 is 0 Å². The summed E-state index contributed by atoms with van der Waals surface area (Å²) >= 11 is 11.7. The molecule has 1 aliphatic heterocycles. The number of ether oxygens (including phenoxy) is 1. The highest BCUT2D eigenvalue weighted by atomic mass is 35.5. The number of hydrogen-bond acceptors (Lipinski definition) is 4. The van der Waals surface area contributed by atoms with E-state index in [0.717, 1.165) is 19.4 Å². The predicted octanol–water partition coefficient (Wildman–Crippen LogP) is 2.68. The van der Waals surface area contributed by atoms with Gasteiger partial charge in [-0.2, -0.15) is 0 Å². The van der Waals surface area contributed by atoms with Gasteiger partial charge in [-0.25, -0.2) is 9.78 Å². The van der Waals surface area contributed by atoms with Gasteiger partial charge in [-0.3, -0.25) is 0 Å². The zero-order valence-electron chi connectivity index (χ0n) is 9.45. The van der Waals surface area contributed by atoms with Crippen LogP contribution in [0, 0.1) is 0 Å². The summed E-state index contributed by atoms with van der Waals surface area (Å²) in [6.07, 6.45) is 2.15. The van der Waals surface area contributed by atoms with Crippen LogP contribution in [0.3, 0.4) is 0 Å². The smallest absolute Gasteiger partial charge is 0.356 e. The van der Waals surface area contributed by atoms with E-state index < -0.39 is 5.97 Å². The molecule has 0 saturated carbocycles. The summed E-state index contributed by atoms with van der Waals surface area (Å²) in [5.41, 5.74) is 0.212. The molecule has 0 radical (unpaired) electrons. The van der Waals surface area contributed by atoms with Crippen molar-refractivity contribution in [3.05, 3.63) is 21.9 Å². The van der Waals surface area contributed by atoms with E-state index in [-0.39, 0.29) is 22.0 Å². The highest BCUT2D eigenvalue weighted by molar-refractivity contribution is 6.37. The van der Waals surface area contributed by atoms with Crippen LogP contribution in [0.5, 0.6) is 0 Å². The van der Waals surface area contributed by atoms with Gasteiger partial charge in [0.2, 0.25) is 0 Å². The van der Waals surface area contributed by atoms with Crippen molar-refractivity contribution in [3.8, 4) is 0 Å². The van der Waals surface area contributed by atoms with E-state index in [9.17, 15) is 4.79 Å². The Balaban J connectivity index is 2.13. The molecule has 0 spiro atoms. The molecule has 98 valence electrons. The number of halogens is 2. The second-order valence-electron chi connectivity index (χ2n) is 3.98. The van der Waals surface area contributed by atoms with Gasteiger partial charge in [0, 0.05) is 19.2 Å². The molecule has 1 atom stereocenters. The van der Waals surface area contributed by atoms with E-state index in [4.69, 9.17) is 33.0 Å². The third-order valence-electron chi connectivity index (χ3n) is 2.67. The summed E-state index contributed by atoms with van der Waals surface area (Å²) in [4.78, 5) is 14.6. The van der Waals surface area contributed by atoms with Gasteiger partial charge >= 0.3 is 5.97 Å². The Labute approximate surface area is 114 Å². The molecular weight excluding hydrogens is 279 g/mol. The molecule has 1 aliphatic rings. The summed E-state index contributed by atoms with van der Waals surface area (Å²) < 4.78 is 5.45. The van der Waals surface area contributed by atoms with E-state index in [1.807, 2.05) is 0 Å². The van der Waals surface area contributed by atoms with Gasteiger partial charge in [0.15, 0.2) is 5.69 Å². The average molecular weight is 291 g/mol. The molecule has 2 N–H and O–H groups in total. The molecule has 1 fully saturated rings. The number of carbonyl (C=O) groups is 1. The first-order valence-corrected chi connectivity index (χ1v) is 6.28. The molecule has 0 aliphatic carbocycles. The summed E-state index contributed by atoms with van der Waals surface area (Å²) in [7, 11) is 0. The van der Waals surface area contributed by atoms with Crippen LogP contribution in [-0.2, 0) is 4.74 Å². The molecule has 7 heteroatoms. The fourth-order valence-electron chi connectivity index (χ4n) is 1.80. The van der Waals surface area contributed by atoms with Crippen molar-refractivity contribution in [1.29, 1.82) is 0 Å². The molecular formula is C11H12Cl2N2O3. The number of aromatic carboxylic acids is 1. The van der Waals surface area contributed by atoms with Crippen LogP contribution in [0.4, 0.5) is 5.69 Å². The fourth-order valence-corrected chi connectivity index (χ4v) is 2.24. The number of hydrogen-bond donors (Lipinski definition) is 2. The number of carboxylic acids is 1. The molecule has 2 heterocycles. The van der Waals surface area contributed by atoms with E-state index in [2.05, 4.69) is 10.3 Å². The Morgan fingerprint density at radius 2 is 2.39 bits per heavy atom. The third kappa shape index (κ3) is 3.04. The Morgan fingerprint density at radius 3 is 3.00 bits per heavy atom. The lowest BCUT2D eigenvalue weighted by Crippen LogP contribution is -2.19. The van der Waals surface area contributed by atoms with Crippen molar-refractivity contribution in [2.75, 3.05) is 18.5 Å². The Bertz CT molecular complexity index is 462. The summed E-state index contributed by atoms with van der Waals surface area (Å²) in [6.45, 7) is 1.33. The molecule has 0 bridgehead atoms. The number of aromatic nitrogens is 1. The van der Waals surface area contributed by atoms with Crippen LogP contribution in [-0.4, -0.2) is 35.3 Å². The first kappa shape index (κ1) is 13.4. The number of nitrogens with one attached hydrogen (secondary N) is 1. The molecule has 2 rings (SSSR count). The van der Waals surface area contributed by atoms with Gasteiger partial charge in [-0.1, -0.05) is 23.2 Å². The minimum Gasteiger partial charge on any atom is -0.476 e. The van der Waals surface area contributed by atoms with Crippen molar-refractivity contribution in [2.45, 2.75) is 18.9 Å². The molecule has 5 nitrogen and oxygen atoms in total. The van der Waals surface area contributed by atoms with Gasteiger partial charge in [0.05, 0.1) is 16.8 Å². The lowest BCUT2D eigenvalue weighted by molar-refractivity contribution is 0.0691. The van der Waals surface area contributed by atoms with Crippen molar-refractivity contribution < 1.29 is 14.6 Å². The fraction of sp³-hybridized carbons (Fsp3) is 0.455. The van der Waals surface area contributed by atoms with Crippen molar-refractivity contribution in [2.24, 2.45) is 0 Å². The molecule has 1 aromatic rings. The second kappa shape index (κ2) is 5.73. The van der Waals surface area contributed by atoms with Crippen LogP contribution in [0.2, 0.25) is 10.2 Å². The second-order valence-corrected chi connectivity index (χ2v) is 4.74. The van der Waals surface area contributed by atoms with Crippen LogP contribution >= 0.6 is 23.2 Å². The highest BCUT2D eigenvalue weighted by Crippen LogP contribution is 2.28. The highest BCUT2D eigenvalue weighted by Gasteiger charge is 2.19. The number of nitrogens with zero attached hydrogens (tertiary/aromatic N) is 1. The quantitative estimate of drug-likeness (QED) is 0.834. The maximum absolute atomic E-state index is 10.9. The summed E-state index contributed by atoms with van der Waals surface area (Å²) in [5.74, 6) is -1.21. The Hall–Kier alpha value is -1.04. The number of anilines is 1. The first-order chi connectivity index (χ1) is 8.58. The Morgan fingerprint density at radius 1 is 1.61 bits per heavy atom. The zero-order valence-corrected chi connectivity index (χ0v) is 11.0. The van der Waals surface area contributed by atoms with Gasteiger partial charge in [-0.05, 0) is 12.8 Å². The van der Waals surface area contributed by atoms with Crippen molar-refractivity contribution in [3.63, 3.8) is 0 Å². The van der Waals surface area contributed by atoms with E-state index in [1.54, 1.807) is 0 Å². The maximum atomic E-state index is 10.9. The third-order valence-corrected chi connectivity index (χ3v) is 3.25. The van der Waals surface area contributed by atoms with E-state index in [0.29, 0.717) is 12.2 Å². The largest absolute Gasteiger partial charge is 0.476 e. The maximum Gasteiger partial charge on any atom is 0.356 e. The monoisotopic (exact) mass is 290 g/mol. The van der Waals surface area contributed by atoms with E-state index in [1.165, 1.54) is 6.07 Å². The van der Waals surface area contributed by atoms with Crippen LogP contribution in [0.25, 0.3) is 0 Å². The van der Waals surface area contributed by atoms with Gasteiger partial charge in [0.25, 0.3) is 0 Å². The SMILES string of the molecule is O=C(O)c1nc(Cl)cc(NCC2CCCO2)c1Cl. The number of pyridine rings is 1. The number of rotatable bonds is 4. The minimum atomic E-state index is -1.21. The molecule has 0 aromatic carbocycles. The molecule has 0 amide bonds. The zero-order chi connectivity index (χ0) is 13.1. The van der Waals surface area contributed by atoms with Crippen molar-refractivity contribution in [1.82, 2.24) is 4.98 Å². The normalized spacial score (nSPS) is 18.9. The average Bonchev–Trinajstić information content (AvgIpc) is 2.82.